The van der Waals surface area contributed by atoms with E-state index in [1.54, 1.807) is 29.3 Å². The third kappa shape index (κ3) is 5.27. The van der Waals surface area contributed by atoms with Crippen LogP contribution in [0.3, 0.4) is 0 Å². The van der Waals surface area contributed by atoms with E-state index in [0.29, 0.717) is 18.0 Å². The molecule has 1 aromatic rings. The Morgan fingerprint density at radius 2 is 1.92 bits per heavy atom. The van der Waals surface area contributed by atoms with E-state index in [1.807, 2.05) is 13.8 Å². The predicted molar refractivity (Wildman–Crippen MR) is 93.4 cm³/mol. The lowest BCUT2D eigenvalue weighted by Gasteiger charge is -2.36. The Kier molecular flexibility index (Phi) is 6.55. The molecule has 1 N–H and O–H groups in total. The van der Waals surface area contributed by atoms with Crippen molar-refractivity contribution in [2.24, 2.45) is 0 Å². The SMILES string of the molecule is CC1CN(C(=O)C(C)OC(=O)C(C)NC(=O)c2cccs2)CC(C)O1. The lowest BCUT2D eigenvalue weighted by Crippen LogP contribution is -2.52. The summed E-state index contributed by atoms with van der Waals surface area (Å²) in [5, 5.41) is 4.35. The highest BCUT2D eigenvalue weighted by Crippen LogP contribution is 2.13. The van der Waals surface area contributed by atoms with E-state index >= 15 is 0 Å². The zero-order valence-corrected chi connectivity index (χ0v) is 15.7. The lowest BCUT2D eigenvalue weighted by molar-refractivity contribution is -0.165. The van der Waals surface area contributed by atoms with Gasteiger partial charge in [0, 0.05) is 13.1 Å². The second-order valence-electron chi connectivity index (χ2n) is 6.25. The highest BCUT2D eigenvalue weighted by molar-refractivity contribution is 7.12. The maximum absolute atomic E-state index is 12.5. The van der Waals surface area contributed by atoms with Gasteiger partial charge in [-0.25, -0.2) is 4.79 Å². The number of ether oxygens (including phenoxy) is 2. The van der Waals surface area contributed by atoms with E-state index in [1.165, 1.54) is 18.3 Å². The van der Waals surface area contributed by atoms with Gasteiger partial charge >= 0.3 is 5.97 Å². The van der Waals surface area contributed by atoms with Gasteiger partial charge in [-0.1, -0.05) is 6.07 Å². The molecular weight excluding hydrogens is 344 g/mol. The van der Waals surface area contributed by atoms with Crippen LogP contribution in [0.15, 0.2) is 17.5 Å². The smallest absolute Gasteiger partial charge is 0.329 e. The summed E-state index contributed by atoms with van der Waals surface area (Å²) in [5.41, 5.74) is 0. The summed E-state index contributed by atoms with van der Waals surface area (Å²) in [5.74, 6) is -1.23. The monoisotopic (exact) mass is 368 g/mol. The summed E-state index contributed by atoms with van der Waals surface area (Å²) >= 11 is 1.29. The maximum Gasteiger partial charge on any atom is 0.329 e. The summed E-state index contributed by atoms with van der Waals surface area (Å²) in [6.45, 7) is 7.80. The molecule has 4 atom stereocenters. The van der Waals surface area contributed by atoms with E-state index in [9.17, 15) is 14.4 Å². The molecule has 0 aromatic carbocycles. The first kappa shape index (κ1) is 19.4. The zero-order chi connectivity index (χ0) is 18.6. The van der Waals surface area contributed by atoms with Crippen LogP contribution in [-0.2, 0) is 19.1 Å². The molecule has 1 aliphatic heterocycles. The molecular formula is C17H24N2O5S. The Balaban J connectivity index is 1.86. The van der Waals surface area contributed by atoms with E-state index in [0.717, 1.165) is 0 Å². The minimum atomic E-state index is -0.911. The molecule has 2 amide bonds. The Morgan fingerprint density at radius 1 is 1.28 bits per heavy atom. The molecule has 0 saturated carbocycles. The van der Waals surface area contributed by atoms with Crippen molar-refractivity contribution in [1.82, 2.24) is 10.2 Å². The molecule has 0 aliphatic carbocycles. The van der Waals surface area contributed by atoms with Gasteiger partial charge in [-0.15, -0.1) is 11.3 Å². The van der Waals surface area contributed by atoms with Gasteiger partial charge in [0.25, 0.3) is 11.8 Å². The van der Waals surface area contributed by atoms with Crippen LogP contribution < -0.4 is 5.32 Å². The average molecular weight is 368 g/mol. The maximum atomic E-state index is 12.5. The van der Waals surface area contributed by atoms with Crippen LogP contribution in [0.1, 0.15) is 37.4 Å². The normalized spacial score (nSPS) is 22.8. The second-order valence-corrected chi connectivity index (χ2v) is 7.20. The number of nitrogens with zero attached hydrogens (tertiary/aromatic N) is 1. The molecule has 0 bridgehead atoms. The largest absolute Gasteiger partial charge is 0.451 e. The summed E-state index contributed by atoms with van der Waals surface area (Å²) in [6.07, 6.45) is -1.02. The topological polar surface area (TPSA) is 84.9 Å². The number of amides is 2. The number of esters is 1. The van der Waals surface area contributed by atoms with E-state index in [-0.39, 0.29) is 24.0 Å². The summed E-state index contributed by atoms with van der Waals surface area (Å²) in [6, 6.07) is 2.59. The Hall–Kier alpha value is -1.93. The van der Waals surface area contributed by atoms with Crippen molar-refractivity contribution in [3.05, 3.63) is 22.4 Å². The van der Waals surface area contributed by atoms with Gasteiger partial charge in [0.15, 0.2) is 6.10 Å². The summed E-state index contributed by atoms with van der Waals surface area (Å²) in [7, 11) is 0. The van der Waals surface area contributed by atoms with Crippen molar-refractivity contribution in [2.75, 3.05) is 13.1 Å². The highest BCUT2D eigenvalue weighted by Gasteiger charge is 2.31. The van der Waals surface area contributed by atoms with Gasteiger partial charge in [0.2, 0.25) is 0 Å². The standard InChI is InChI=1S/C17H24N2O5S/c1-10-8-19(9-11(2)23-10)16(21)13(4)24-17(22)12(3)18-15(20)14-6-5-7-25-14/h5-7,10-13H,8-9H2,1-4H3,(H,18,20). The number of morpholine rings is 1. The highest BCUT2D eigenvalue weighted by atomic mass is 32.1. The van der Waals surface area contributed by atoms with Crippen LogP contribution in [0.4, 0.5) is 0 Å². The Bertz CT molecular complexity index is 609. The van der Waals surface area contributed by atoms with Crippen LogP contribution in [-0.4, -0.2) is 60.1 Å². The molecule has 138 valence electrons. The van der Waals surface area contributed by atoms with Crippen molar-refractivity contribution in [3.8, 4) is 0 Å². The molecule has 1 aliphatic rings. The first-order valence-corrected chi connectivity index (χ1v) is 9.15. The molecule has 2 heterocycles. The molecule has 0 radical (unpaired) electrons. The third-order valence-corrected chi connectivity index (χ3v) is 4.69. The molecule has 1 aromatic heterocycles. The average Bonchev–Trinajstić information content (AvgIpc) is 3.07. The Morgan fingerprint density at radius 3 is 2.48 bits per heavy atom. The fourth-order valence-electron chi connectivity index (χ4n) is 2.68. The van der Waals surface area contributed by atoms with Gasteiger partial charge in [0.05, 0.1) is 17.1 Å². The van der Waals surface area contributed by atoms with Crippen molar-refractivity contribution < 1.29 is 23.9 Å². The Labute approximate surface area is 151 Å². The minimum absolute atomic E-state index is 0.0559. The van der Waals surface area contributed by atoms with Gasteiger partial charge in [-0.3, -0.25) is 9.59 Å². The quantitative estimate of drug-likeness (QED) is 0.795. The fourth-order valence-corrected chi connectivity index (χ4v) is 3.30. The van der Waals surface area contributed by atoms with Crippen LogP contribution >= 0.6 is 11.3 Å². The third-order valence-electron chi connectivity index (χ3n) is 3.82. The molecule has 1 saturated heterocycles. The summed E-state index contributed by atoms with van der Waals surface area (Å²) in [4.78, 5) is 38.7. The molecule has 4 unspecified atom stereocenters. The minimum Gasteiger partial charge on any atom is -0.451 e. The summed E-state index contributed by atoms with van der Waals surface area (Å²) < 4.78 is 10.8. The first-order chi connectivity index (χ1) is 11.8. The molecule has 7 nitrogen and oxygen atoms in total. The number of nitrogens with one attached hydrogen (secondary N) is 1. The van der Waals surface area contributed by atoms with E-state index in [2.05, 4.69) is 5.32 Å². The number of hydrogen-bond acceptors (Lipinski definition) is 6. The van der Waals surface area contributed by atoms with Crippen LogP contribution in [0, 0.1) is 0 Å². The van der Waals surface area contributed by atoms with Gasteiger partial charge < -0.3 is 19.7 Å². The van der Waals surface area contributed by atoms with Crippen molar-refractivity contribution >= 4 is 29.1 Å². The fraction of sp³-hybridized carbons (Fsp3) is 0.588. The van der Waals surface area contributed by atoms with Crippen LogP contribution in [0.25, 0.3) is 0 Å². The second kappa shape index (κ2) is 8.44. The molecule has 25 heavy (non-hydrogen) atoms. The number of hydrogen-bond donors (Lipinski definition) is 1. The first-order valence-electron chi connectivity index (χ1n) is 8.27. The molecule has 1 fully saturated rings. The van der Waals surface area contributed by atoms with Crippen molar-refractivity contribution in [2.45, 2.75) is 52.0 Å². The molecule has 8 heteroatoms. The number of rotatable bonds is 5. The molecule has 2 rings (SSSR count). The van der Waals surface area contributed by atoms with Crippen LogP contribution in [0.5, 0.6) is 0 Å². The number of carbonyl (C=O) groups is 3. The molecule has 0 spiro atoms. The number of thiophene rings is 1. The van der Waals surface area contributed by atoms with E-state index in [4.69, 9.17) is 9.47 Å². The van der Waals surface area contributed by atoms with Gasteiger partial charge in [-0.05, 0) is 39.1 Å². The zero-order valence-electron chi connectivity index (χ0n) is 14.9. The van der Waals surface area contributed by atoms with Gasteiger partial charge in [0.1, 0.15) is 6.04 Å². The van der Waals surface area contributed by atoms with Crippen molar-refractivity contribution in [1.29, 1.82) is 0 Å². The predicted octanol–water partition coefficient (Wildman–Crippen LogP) is 1.43. The van der Waals surface area contributed by atoms with E-state index < -0.39 is 18.1 Å². The van der Waals surface area contributed by atoms with Gasteiger partial charge in [-0.2, -0.15) is 0 Å². The van der Waals surface area contributed by atoms with Crippen LogP contribution in [0.2, 0.25) is 0 Å². The lowest BCUT2D eigenvalue weighted by atomic mass is 10.2. The van der Waals surface area contributed by atoms with Crippen molar-refractivity contribution in [3.63, 3.8) is 0 Å². The number of carbonyl (C=O) groups excluding carboxylic acids is 3.